The molecule has 0 aliphatic rings. The molecule has 4 heteroatoms. The Morgan fingerprint density at radius 1 is 1.00 bits per heavy atom. The zero-order valence-corrected chi connectivity index (χ0v) is 10.6. The summed E-state index contributed by atoms with van der Waals surface area (Å²) in [5.74, 6) is 1.53. The largest absolute Gasteiger partial charge is 0.493 e. The Balaban J connectivity index is 2.62. The van der Waals surface area contributed by atoms with E-state index < -0.39 is 0 Å². The summed E-state index contributed by atoms with van der Waals surface area (Å²) < 4.78 is 11.1. The van der Waals surface area contributed by atoms with Crippen LogP contribution in [0.25, 0.3) is 10.9 Å². The highest BCUT2D eigenvalue weighted by Crippen LogP contribution is 2.32. The highest BCUT2D eigenvalue weighted by Gasteiger charge is 2.09. The quantitative estimate of drug-likeness (QED) is 0.777. The molecule has 0 radical (unpaired) electrons. The first-order chi connectivity index (χ1) is 8.26. The average molecular weight is 252 g/mol. The van der Waals surface area contributed by atoms with Crippen LogP contribution in [0.2, 0.25) is 5.15 Å². The molecular formula is C13H14ClNO2. The molecule has 0 spiro atoms. The van der Waals surface area contributed by atoms with Gasteiger partial charge in [0.25, 0.3) is 0 Å². The van der Waals surface area contributed by atoms with Crippen molar-refractivity contribution in [3.63, 3.8) is 0 Å². The zero-order valence-electron chi connectivity index (χ0n) is 9.87. The maximum atomic E-state index is 5.91. The molecule has 0 saturated heterocycles. The Kier molecular flexibility index (Phi) is 3.69. The Morgan fingerprint density at radius 3 is 2.35 bits per heavy atom. The van der Waals surface area contributed by atoms with E-state index in [4.69, 9.17) is 21.1 Å². The van der Waals surface area contributed by atoms with Crippen LogP contribution in [0.3, 0.4) is 0 Å². The smallest absolute Gasteiger partial charge is 0.145 e. The Morgan fingerprint density at radius 2 is 1.65 bits per heavy atom. The zero-order chi connectivity index (χ0) is 12.3. The van der Waals surface area contributed by atoms with Gasteiger partial charge in [-0.25, -0.2) is 4.98 Å². The lowest BCUT2D eigenvalue weighted by Gasteiger charge is -2.11. The molecule has 90 valence electrons. The molecule has 0 amide bonds. The molecule has 0 aliphatic heterocycles. The summed E-state index contributed by atoms with van der Waals surface area (Å²) in [5.41, 5.74) is 0.741. The lowest BCUT2D eigenvalue weighted by molar-refractivity contribution is 0.336. The molecule has 2 rings (SSSR count). The number of nitrogens with zero attached hydrogens (tertiary/aromatic N) is 1. The summed E-state index contributed by atoms with van der Waals surface area (Å²) in [6, 6.07) is 7.41. The SMILES string of the molecule is CCOc1ccc(OCC)c2nc(Cl)ccc12. The summed E-state index contributed by atoms with van der Waals surface area (Å²) >= 11 is 5.91. The van der Waals surface area contributed by atoms with Crippen LogP contribution < -0.4 is 9.47 Å². The van der Waals surface area contributed by atoms with Gasteiger partial charge in [0.05, 0.1) is 13.2 Å². The van der Waals surface area contributed by atoms with Crippen LogP contribution in [0, 0.1) is 0 Å². The number of hydrogen-bond acceptors (Lipinski definition) is 3. The molecule has 2 aromatic rings. The van der Waals surface area contributed by atoms with Crippen LogP contribution in [-0.2, 0) is 0 Å². The molecule has 0 unspecified atom stereocenters. The van der Waals surface area contributed by atoms with Gasteiger partial charge in [-0.1, -0.05) is 11.6 Å². The maximum absolute atomic E-state index is 5.91. The van der Waals surface area contributed by atoms with Crippen LogP contribution in [0.4, 0.5) is 0 Å². The van der Waals surface area contributed by atoms with Gasteiger partial charge in [-0.05, 0) is 38.1 Å². The molecule has 1 heterocycles. The lowest BCUT2D eigenvalue weighted by Crippen LogP contribution is -1.97. The minimum absolute atomic E-state index is 0.451. The van der Waals surface area contributed by atoms with Crippen molar-refractivity contribution in [1.29, 1.82) is 0 Å². The number of halogens is 1. The van der Waals surface area contributed by atoms with Crippen LogP contribution >= 0.6 is 11.6 Å². The molecule has 1 aromatic heterocycles. The standard InChI is InChI=1S/C13H14ClNO2/c1-3-16-10-6-7-11(17-4-2)13-9(10)5-8-12(14)15-13/h5-8H,3-4H2,1-2H3. The van der Waals surface area contributed by atoms with Crippen LogP contribution in [0.5, 0.6) is 11.5 Å². The number of aromatic nitrogens is 1. The van der Waals surface area contributed by atoms with Crippen LogP contribution in [-0.4, -0.2) is 18.2 Å². The number of ether oxygens (including phenoxy) is 2. The fraction of sp³-hybridized carbons (Fsp3) is 0.308. The molecule has 0 aliphatic carbocycles. The average Bonchev–Trinajstić information content (AvgIpc) is 2.32. The molecular weight excluding hydrogens is 238 g/mol. The van der Waals surface area contributed by atoms with Crippen molar-refractivity contribution in [2.75, 3.05) is 13.2 Å². The third-order valence-electron chi connectivity index (χ3n) is 2.35. The first kappa shape index (κ1) is 12.0. The van der Waals surface area contributed by atoms with E-state index in [-0.39, 0.29) is 0 Å². The number of pyridine rings is 1. The second kappa shape index (κ2) is 5.23. The van der Waals surface area contributed by atoms with E-state index in [2.05, 4.69) is 4.98 Å². The molecule has 0 fully saturated rings. The highest BCUT2D eigenvalue weighted by atomic mass is 35.5. The number of fused-ring (bicyclic) bond motifs is 1. The van der Waals surface area contributed by atoms with Gasteiger partial charge < -0.3 is 9.47 Å². The van der Waals surface area contributed by atoms with Crippen molar-refractivity contribution >= 4 is 22.5 Å². The Hall–Kier alpha value is -1.48. The summed E-state index contributed by atoms with van der Waals surface area (Å²) in [4.78, 5) is 4.30. The Labute approximate surface area is 105 Å². The van der Waals surface area contributed by atoms with Crippen molar-refractivity contribution in [3.8, 4) is 11.5 Å². The first-order valence-electron chi connectivity index (χ1n) is 5.61. The third-order valence-corrected chi connectivity index (χ3v) is 2.56. The van der Waals surface area contributed by atoms with E-state index in [0.717, 1.165) is 22.4 Å². The predicted molar refractivity (Wildman–Crippen MR) is 69.1 cm³/mol. The third kappa shape index (κ3) is 2.44. The van der Waals surface area contributed by atoms with Crippen LogP contribution in [0.15, 0.2) is 24.3 Å². The van der Waals surface area contributed by atoms with Gasteiger partial charge in [0.1, 0.15) is 22.2 Å². The predicted octanol–water partition coefficient (Wildman–Crippen LogP) is 3.69. The molecule has 0 bridgehead atoms. The van der Waals surface area contributed by atoms with E-state index in [1.54, 1.807) is 6.07 Å². The number of benzene rings is 1. The van der Waals surface area contributed by atoms with Crippen molar-refractivity contribution in [2.45, 2.75) is 13.8 Å². The normalized spacial score (nSPS) is 10.5. The van der Waals surface area contributed by atoms with E-state index in [0.29, 0.717) is 18.4 Å². The fourth-order valence-electron chi connectivity index (χ4n) is 1.70. The van der Waals surface area contributed by atoms with Gasteiger partial charge in [0.15, 0.2) is 0 Å². The van der Waals surface area contributed by atoms with E-state index in [9.17, 15) is 0 Å². The second-order valence-corrected chi connectivity index (χ2v) is 3.85. The minimum atomic E-state index is 0.451. The summed E-state index contributed by atoms with van der Waals surface area (Å²) in [7, 11) is 0. The lowest BCUT2D eigenvalue weighted by atomic mass is 10.2. The number of rotatable bonds is 4. The van der Waals surface area contributed by atoms with Gasteiger partial charge in [0.2, 0.25) is 0 Å². The van der Waals surface area contributed by atoms with E-state index in [1.165, 1.54) is 0 Å². The van der Waals surface area contributed by atoms with Crippen molar-refractivity contribution in [1.82, 2.24) is 4.98 Å². The number of hydrogen-bond donors (Lipinski definition) is 0. The molecule has 17 heavy (non-hydrogen) atoms. The van der Waals surface area contributed by atoms with Gasteiger partial charge in [-0.2, -0.15) is 0 Å². The van der Waals surface area contributed by atoms with Crippen molar-refractivity contribution < 1.29 is 9.47 Å². The van der Waals surface area contributed by atoms with Crippen molar-refractivity contribution in [2.24, 2.45) is 0 Å². The minimum Gasteiger partial charge on any atom is -0.493 e. The van der Waals surface area contributed by atoms with E-state index >= 15 is 0 Å². The van der Waals surface area contributed by atoms with Gasteiger partial charge in [-0.15, -0.1) is 0 Å². The second-order valence-electron chi connectivity index (χ2n) is 3.46. The van der Waals surface area contributed by atoms with Gasteiger partial charge in [0, 0.05) is 5.39 Å². The Bertz CT molecular complexity index is 528. The molecule has 1 aromatic carbocycles. The summed E-state index contributed by atoms with van der Waals surface area (Å²) in [6.45, 7) is 5.10. The van der Waals surface area contributed by atoms with Crippen molar-refractivity contribution in [3.05, 3.63) is 29.4 Å². The molecule has 0 N–H and O–H groups in total. The monoisotopic (exact) mass is 251 g/mol. The maximum Gasteiger partial charge on any atom is 0.145 e. The van der Waals surface area contributed by atoms with Gasteiger partial charge >= 0.3 is 0 Å². The summed E-state index contributed by atoms with van der Waals surface area (Å²) in [6.07, 6.45) is 0. The molecule has 0 saturated carbocycles. The van der Waals surface area contributed by atoms with E-state index in [1.807, 2.05) is 32.0 Å². The topological polar surface area (TPSA) is 31.4 Å². The molecule has 3 nitrogen and oxygen atoms in total. The van der Waals surface area contributed by atoms with Gasteiger partial charge in [-0.3, -0.25) is 0 Å². The van der Waals surface area contributed by atoms with Crippen LogP contribution in [0.1, 0.15) is 13.8 Å². The molecule has 0 atom stereocenters. The summed E-state index contributed by atoms with van der Waals surface area (Å²) in [5, 5.41) is 1.37. The highest BCUT2D eigenvalue weighted by molar-refractivity contribution is 6.29. The fourth-order valence-corrected chi connectivity index (χ4v) is 1.84. The first-order valence-corrected chi connectivity index (χ1v) is 5.99.